The lowest BCUT2D eigenvalue weighted by atomic mass is 9.62. The minimum atomic E-state index is -0.344. The topological polar surface area (TPSA) is 52.6 Å². The largest absolute Gasteiger partial charge is 0.462 e. The van der Waals surface area contributed by atoms with Gasteiger partial charge in [0.25, 0.3) is 0 Å². The molecule has 10 atom stereocenters. The van der Waals surface area contributed by atoms with Gasteiger partial charge in [0.2, 0.25) is 0 Å². The van der Waals surface area contributed by atoms with Crippen LogP contribution in [0, 0.1) is 53.3 Å². The van der Waals surface area contributed by atoms with E-state index in [1.165, 1.54) is 12.8 Å². The van der Waals surface area contributed by atoms with Crippen molar-refractivity contribution < 1.29 is 19.1 Å². The summed E-state index contributed by atoms with van der Waals surface area (Å²) in [6, 6.07) is 0. The van der Waals surface area contributed by atoms with Crippen molar-refractivity contribution in [1.82, 2.24) is 0 Å². The van der Waals surface area contributed by atoms with Gasteiger partial charge in [0, 0.05) is 0 Å². The monoisotopic (exact) mass is 318 g/mol. The zero-order chi connectivity index (χ0) is 15.9. The number of carbonyl (C=O) groups is 2. The maximum absolute atomic E-state index is 12.6. The molecule has 0 aromatic heterocycles. The number of fused-ring (bicyclic) bond motifs is 9. The fraction of sp³-hybridized carbons (Fsp3) is 0.895. The second kappa shape index (κ2) is 4.73. The Morgan fingerprint density at radius 3 is 2.48 bits per heavy atom. The lowest BCUT2D eigenvalue weighted by Crippen LogP contribution is -2.41. The number of rotatable bonds is 2. The molecule has 1 heterocycles. The van der Waals surface area contributed by atoms with Crippen LogP contribution in [0.2, 0.25) is 0 Å². The molecule has 23 heavy (non-hydrogen) atoms. The number of hydrogen-bond donors (Lipinski definition) is 0. The summed E-state index contributed by atoms with van der Waals surface area (Å²) in [7, 11) is 0. The number of ether oxygens (including phenoxy) is 2. The summed E-state index contributed by atoms with van der Waals surface area (Å²) in [6.07, 6.45) is 3.55. The first kappa shape index (κ1) is 14.3. The Bertz CT molecular complexity index is 558. The highest BCUT2D eigenvalue weighted by Gasteiger charge is 2.66. The Morgan fingerprint density at radius 1 is 1.04 bits per heavy atom. The van der Waals surface area contributed by atoms with E-state index in [-0.39, 0.29) is 37.0 Å². The smallest absolute Gasteiger partial charge is 0.309 e. The van der Waals surface area contributed by atoms with E-state index in [2.05, 4.69) is 13.8 Å². The molecule has 0 N–H and O–H groups in total. The average molecular weight is 318 g/mol. The lowest BCUT2D eigenvalue weighted by Gasteiger charge is -2.43. The minimum Gasteiger partial charge on any atom is -0.462 e. The Hall–Kier alpha value is -1.06. The Morgan fingerprint density at radius 2 is 1.78 bits per heavy atom. The number of hydrogen-bond acceptors (Lipinski definition) is 4. The van der Waals surface area contributed by atoms with E-state index in [1.807, 2.05) is 0 Å². The molecule has 4 bridgehead atoms. The molecule has 0 amide bonds. The molecule has 4 nitrogen and oxygen atoms in total. The van der Waals surface area contributed by atoms with Gasteiger partial charge in [-0.05, 0) is 66.6 Å². The van der Waals surface area contributed by atoms with Crippen molar-refractivity contribution in [2.75, 3.05) is 6.61 Å². The van der Waals surface area contributed by atoms with Crippen molar-refractivity contribution in [2.45, 2.75) is 45.6 Å². The summed E-state index contributed by atoms with van der Waals surface area (Å²) < 4.78 is 10.5. The molecule has 5 aliphatic rings. The zero-order valence-electron chi connectivity index (χ0n) is 13.9. The lowest BCUT2D eigenvalue weighted by molar-refractivity contribution is -0.158. The third-order valence-electron chi connectivity index (χ3n) is 8.25. The van der Waals surface area contributed by atoms with Gasteiger partial charge < -0.3 is 9.47 Å². The van der Waals surface area contributed by atoms with Gasteiger partial charge >= 0.3 is 11.9 Å². The molecule has 1 saturated heterocycles. The van der Waals surface area contributed by atoms with Crippen LogP contribution in [0.3, 0.4) is 0 Å². The summed E-state index contributed by atoms with van der Waals surface area (Å²) in [6.45, 7) is 5.11. The Labute approximate surface area is 137 Å². The van der Waals surface area contributed by atoms with Gasteiger partial charge in [0.15, 0.2) is 0 Å². The first-order valence-corrected chi connectivity index (χ1v) is 9.40. The molecular formula is C19H26O4. The molecule has 126 valence electrons. The number of cyclic esters (lactones) is 1. The predicted octanol–water partition coefficient (Wildman–Crippen LogP) is 2.66. The molecule has 0 spiro atoms. The third-order valence-corrected chi connectivity index (χ3v) is 8.25. The second-order valence-corrected chi connectivity index (χ2v) is 8.88. The molecule has 4 saturated carbocycles. The van der Waals surface area contributed by atoms with Gasteiger partial charge in [0.1, 0.15) is 12.7 Å². The van der Waals surface area contributed by atoms with E-state index < -0.39 is 0 Å². The van der Waals surface area contributed by atoms with E-state index in [0.717, 1.165) is 47.8 Å². The van der Waals surface area contributed by atoms with Gasteiger partial charge in [0.05, 0.1) is 12.3 Å². The van der Waals surface area contributed by atoms with Crippen LogP contribution < -0.4 is 0 Å². The van der Waals surface area contributed by atoms with E-state index in [0.29, 0.717) is 5.92 Å². The quantitative estimate of drug-likeness (QED) is 0.580. The van der Waals surface area contributed by atoms with E-state index in [4.69, 9.17) is 9.47 Å². The van der Waals surface area contributed by atoms with E-state index >= 15 is 0 Å². The minimum absolute atomic E-state index is 0.0530. The van der Waals surface area contributed by atoms with Crippen LogP contribution >= 0.6 is 0 Å². The van der Waals surface area contributed by atoms with Crippen LogP contribution in [0.25, 0.3) is 0 Å². The average Bonchev–Trinajstić information content (AvgIpc) is 3.27. The third kappa shape index (κ3) is 1.84. The summed E-state index contributed by atoms with van der Waals surface area (Å²) in [4.78, 5) is 23.8. The van der Waals surface area contributed by atoms with Gasteiger partial charge in [-0.1, -0.05) is 13.8 Å². The molecule has 5 rings (SSSR count). The molecule has 4 aliphatic carbocycles. The zero-order valence-corrected chi connectivity index (χ0v) is 13.9. The van der Waals surface area contributed by atoms with E-state index in [1.54, 1.807) is 0 Å². The molecule has 4 heteroatoms. The highest BCUT2D eigenvalue weighted by Crippen LogP contribution is 2.71. The summed E-state index contributed by atoms with van der Waals surface area (Å²) in [5.74, 6) is 6.16. The molecule has 5 fully saturated rings. The maximum Gasteiger partial charge on any atom is 0.309 e. The summed E-state index contributed by atoms with van der Waals surface area (Å²) in [5.41, 5.74) is 0. The Balaban J connectivity index is 1.31. The van der Waals surface area contributed by atoms with Crippen molar-refractivity contribution in [1.29, 1.82) is 0 Å². The highest BCUT2D eigenvalue weighted by molar-refractivity contribution is 5.76. The normalized spacial score (nSPS) is 56.0. The van der Waals surface area contributed by atoms with Crippen molar-refractivity contribution in [3.05, 3.63) is 0 Å². The molecular weight excluding hydrogens is 292 g/mol. The van der Waals surface area contributed by atoms with Crippen molar-refractivity contribution in [3.63, 3.8) is 0 Å². The molecule has 1 aliphatic heterocycles. The fourth-order valence-electron chi connectivity index (χ4n) is 7.32. The van der Waals surface area contributed by atoms with Crippen LogP contribution in [0.4, 0.5) is 0 Å². The molecule has 0 aromatic carbocycles. The van der Waals surface area contributed by atoms with Gasteiger partial charge in [-0.2, -0.15) is 0 Å². The van der Waals surface area contributed by atoms with Gasteiger partial charge in [-0.3, -0.25) is 9.59 Å². The maximum atomic E-state index is 12.6. The van der Waals surface area contributed by atoms with Gasteiger partial charge in [-0.25, -0.2) is 0 Å². The van der Waals surface area contributed by atoms with Crippen molar-refractivity contribution in [3.8, 4) is 0 Å². The number of carbonyl (C=O) groups excluding carboxylic acids is 2. The molecule has 0 radical (unpaired) electrons. The molecule has 0 aromatic rings. The van der Waals surface area contributed by atoms with Crippen LogP contribution in [0.1, 0.15) is 39.5 Å². The SMILES string of the molecule is CC1C(C)C2CC1C1C3CC(C(=O)OC4COC(=O)C4)C(C3)C21. The Kier molecular flexibility index (Phi) is 2.94. The van der Waals surface area contributed by atoms with Gasteiger partial charge in [-0.15, -0.1) is 0 Å². The van der Waals surface area contributed by atoms with Crippen LogP contribution in [-0.2, 0) is 19.1 Å². The molecule has 10 unspecified atom stereocenters. The fourth-order valence-corrected chi connectivity index (χ4v) is 7.32. The standard InChI is InChI=1S/C19H26O4/c1-8-9(2)13-6-12(8)17-10-3-14(18(13)17)15(4-10)19(21)23-11-5-16(20)22-7-11/h8-15,17-18H,3-7H2,1-2H3. The van der Waals surface area contributed by atoms with Crippen LogP contribution in [-0.4, -0.2) is 24.6 Å². The second-order valence-electron chi connectivity index (χ2n) is 8.88. The van der Waals surface area contributed by atoms with E-state index in [9.17, 15) is 9.59 Å². The summed E-state index contributed by atoms with van der Waals surface area (Å²) >= 11 is 0. The van der Waals surface area contributed by atoms with Crippen LogP contribution in [0.15, 0.2) is 0 Å². The predicted molar refractivity (Wildman–Crippen MR) is 82.1 cm³/mol. The number of esters is 2. The highest BCUT2D eigenvalue weighted by atomic mass is 16.6. The van der Waals surface area contributed by atoms with Crippen molar-refractivity contribution in [2.24, 2.45) is 53.3 Å². The first-order valence-electron chi connectivity index (χ1n) is 9.40. The first-order chi connectivity index (χ1) is 11.0. The van der Waals surface area contributed by atoms with Crippen LogP contribution in [0.5, 0.6) is 0 Å². The van der Waals surface area contributed by atoms with Crippen molar-refractivity contribution >= 4 is 11.9 Å². The summed E-state index contributed by atoms with van der Waals surface area (Å²) in [5, 5.41) is 0.